The molecule has 172 valence electrons. The molecule has 0 saturated carbocycles. The predicted octanol–water partition coefficient (Wildman–Crippen LogP) is 6.43. The van der Waals surface area contributed by atoms with E-state index in [1.165, 1.54) is 11.8 Å². The number of hydrogen-bond donors (Lipinski definition) is 2. The van der Waals surface area contributed by atoms with Gasteiger partial charge < -0.3 is 15.4 Å². The second-order valence-electron chi connectivity index (χ2n) is 7.44. The molecular weight excluding hydrogens is 456 g/mol. The molecule has 0 saturated heterocycles. The molecule has 0 atom stereocenters. The normalized spacial score (nSPS) is 10.5. The molecule has 0 aliphatic rings. The minimum Gasteiger partial charge on any atom is -0.494 e. The molecule has 2 amide bonds. The topological polar surface area (TPSA) is 67.4 Å². The Hall–Kier alpha value is -2.96. The number of benzene rings is 3. The average molecular weight is 483 g/mol. The van der Waals surface area contributed by atoms with E-state index in [2.05, 4.69) is 17.6 Å². The molecule has 0 aromatic heterocycles. The fourth-order valence-corrected chi connectivity index (χ4v) is 3.85. The first-order valence-corrected chi connectivity index (χ1v) is 12.2. The van der Waals surface area contributed by atoms with Crippen LogP contribution >= 0.6 is 23.4 Å². The van der Waals surface area contributed by atoms with Gasteiger partial charge in [-0.25, -0.2) is 0 Å². The highest BCUT2D eigenvalue weighted by molar-refractivity contribution is 8.00. The van der Waals surface area contributed by atoms with Crippen molar-refractivity contribution in [2.24, 2.45) is 0 Å². The van der Waals surface area contributed by atoms with Gasteiger partial charge >= 0.3 is 0 Å². The van der Waals surface area contributed by atoms with Crippen LogP contribution in [0, 0.1) is 0 Å². The van der Waals surface area contributed by atoms with E-state index in [-0.39, 0.29) is 24.0 Å². The molecule has 7 heteroatoms. The van der Waals surface area contributed by atoms with E-state index in [0.29, 0.717) is 17.3 Å². The summed E-state index contributed by atoms with van der Waals surface area (Å²) in [5, 5.41) is 6.43. The van der Waals surface area contributed by atoms with Crippen molar-refractivity contribution in [3.8, 4) is 5.75 Å². The fraction of sp³-hybridized carbons (Fsp3) is 0.231. The zero-order valence-electron chi connectivity index (χ0n) is 18.5. The second-order valence-corrected chi connectivity index (χ2v) is 8.93. The van der Waals surface area contributed by atoms with Crippen molar-refractivity contribution in [2.45, 2.75) is 31.1 Å². The number of carbonyl (C=O) groups excluding carboxylic acids is 2. The number of rotatable bonds is 11. The van der Waals surface area contributed by atoms with Crippen LogP contribution in [0.1, 0.15) is 25.3 Å². The SMILES string of the molecule is CCCCOc1ccc(NC(=O)CSc2cccc(NC(=O)Cc3ccc(Cl)cc3)c2)cc1. The summed E-state index contributed by atoms with van der Waals surface area (Å²) in [5.74, 6) is 0.846. The van der Waals surface area contributed by atoms with Gasteiger partial charge in [-0.05, 0) is 66.6 Å². The average Bonchev–Trinajstić information content (AvgIpc) is 2.81. The summed E-state index contributed by atoms with van der Waals surface area (Å²) in [7, 11) is 0. The largest absolute Gasteiger partial charge is 0.494 e. The Morgan fingerprint density at radius 1 is 0.909 bits per heavy atom. The highest BCUT2D eigenvalue weighted by atomic mass is 35.5. The summed E-state index contributed by atoms with van der Waals surface area (Å²) in [6.45, 7) is 2.81. The first-order chi connectivity index (χ1) is 16.0. The Labute approximate surface area is 203 Å². The van der Waals surface area contributed by atoms with Crippen LogP contribution in [0.5, 0.6) is 5.75 Å². The highest BCUT2D eigenvalue weighted by Gasteiger charge is 2.07. The standard InChI is InChI=1S/C26H27ClN2O3S/c1-2-3-15-32-23-13-11-21(12-14-23)28-26(31)18-33-24-6-4-5-22(17-24)29-25(30)16-19-7-9-20(27)10-8-19/h4-14,17H,2-3,15-16,18H2,1H3,(H,28,31)(H,29,30). The quantitative estimate of drug-likeness (QED) is 0.244. The number of unbranched alkanes of at least 4 members (excludes halogenated alkanes) is 1. The summed E-state index contributed by atoms with van der Waals surface area (Å²) in [5.41, 5.74) is 2.31. The van der Waals surface area contributed by atoms with Crippen molar-refractivity contribution in [3.63, 3.8) is 0 Å². The van der Waals surface area contributed by atoms with Gasteiger partial charge in [0, 0.05) is 21.3 Å². The highest BCUT2D eigenvalue weighted by Crippen LogP contribution is 2.23. The van der Waals surface area contributed by atoms with Crippen LogP contribution in [-0.4, -0.2) is 24.2 Å². The lowest BCUT2D eigenvalue weighted by Crippen LogP contribution is -2.15. The first-order valence-electron chi connectivity index (χ1n) is 10.8. The summed E-state index contributed by atoms with van der Waals surface area (Å²) >= 11 is 7.29. The van der Waals surface area contributed by atoms with Crippen molar-refractivity contribution in [1.29, 1.82) is 0 Å². The minimum atomic E-state index is -0.112. The third kappa shape index (κ3) is 8.83. The van der Waals surface area contributed by atoms with E-state index in [1.54, 1.807) is 12.1 Å². The summed E-state index contributed by atoms with van der Waals surface area (Å²) in [6.07, 6.45) is 2.37. The lowest BCUT2D eigenvalue weighted by Gasteiger charge is -2.09. The first kappa shape index (κ1) is 24.7. The van der Waals surface area contributed by atoms with E-state index in [1.807, 2.05) is 60.7 Å². The zero-order valence-corrected chi connectivity index (χ0v) is 20.0. The van der Waals surface area contributed by atoms with Gasteiger partial charge in [0.2, 0.25) is 11.8 Å². The van der Waals surface area contributed by atoms with Crippen molar-refractivity contribution in [2.75, 3.05) is 23.0 Å². The maximum Gasteiger partial charge on any atom is 0.234 e. The Kier molecular flexibility index (Phi) is 9.66. The van der Waals surface area contributed by atoms with Crippen molar-refractivity contribution >= 4 is 46.6 Å². The minimum absolute atomic E-state index is 0.100. The third-order valence-corrected chi connectivity index (χ3v) is 5.92. The van der Waals surface area contributed by atoms with Crippen molar-refractivity contribution in [1.82, 2.24) is 0 Å². The maximum absolute atomic E-state index is 12.3. The summed E-state index contributed by atoms with van der Waals surface area (Å²) in [4.78, 5) is 25.5. The number of anilines is 2. The number of amides is 2. The molecule has 0 bridgehead atoms. The third-order valence-electron chi connectivity index (χ3n) is 4.67. The van der Waals surface area contributed by atoms with Crippen LogP contribution in [-0.2, 0) is 16.0 Å². The molecule has 3 rings (SSSR count). The molecule has 3 aromatic carbocycles. The molecule has 3 aromatic rings. The van der Waals surface area contributed by atoms with Crippen LogP contribution < -0.4 is 15.4 Å². The lowest BCUT2D eigenvalue weighted by molar-refractivity contribution is -0.115. The molecule has 33 heavy (non-hydrogen) atoms. The molecule has 0 unspecified atom stereocenters. The van der Waals surface area contributed by atoms with Gasteiger partial charge in [0.25, 0.3) is 0 Å². The number of halogens is 1. The number of nitrogens with one attached hydrogen (secondary N) is 2. The zero-order chi connectivity index (χ0) is 23.5. The molecule has 5 nitrogen and oxygen atoms in total. The number of carbonyl (C=O) groups is 2. The van der Waals surface area contributed by atoms with Gasteiger partial charge in [0.1, 0.15) is 5.75 Å². The van der Waals surface area contributed by atoms with Gasteiger partial charge in [-0.2, -0.15) is 0 Å². The smallest absolute Gasteiger partial charge is 0.234 e. The molecule has 0 radical (unpaired) electrons. The Bertz CT molecular complexity index is 1060. The Morgan fingerprint density at radius 2 is 1.64 bits per heavy atom. The summed E-state index contributed by atoms with van der Waals surface area (Å²) in [6, 6.07) is 22.0. The van der Waals surface area contributed by atoms with Crippen LogP contribution in [0.25, 0.3) is 0 Å². The fourth-order valence-electron chi connectivity index (χ4n) is 2.97. The molecule has 2 N–H and O–H groups in total. The number of thioether (sulfide) groups is 1. The molecule has 0 aliphatic heterocycles. The Balaban J connectivity index is 1.45. The maximum atomic E-state index is 12.3. The number of hydrogen-bond acceptors (Lipinski definition) is 4. The van der Waals surface area contributed by atoms with Crippen LogP contribution in [0.15, 0.2) is 77.7 Å². The van der Waals surface area contributed by atoms with Crippen molar-refractivity contribution in [3.05, 3.63) is 83.4 Å². The van der Waals surface area contributed by atoms with Crippen LogP contribution in [0.4, 0.5) is 11.4 Å². The number of ether oxygens (including phenoxy) is 1. The van der Waals surface area contributed by atoms with Crippen LogP contribution in [0.2, 0.25) is 5.02 Å². The van der Waals surface area contributed by atoms with E-state index in [0.717, 1.165) is 34.7 Å². The van der Waals surface area contributed by atoms with E-state index >= 15 is 0 Å². The van der Waals surface area contributed by atoms with Gasteiger partial charge in [0.15, 0.2) is 0 Å². The van der Waals surface area contributed by atoms with E-state index < -0.39 is 0 Å². The van der Waals surface area contributed by atoms with E-state index in [9.17, 15) is 9.59 Å². The Morgan fingerprint density at radius 3 is 2.36 bits per heavy atom. The molecule has 0 spiro atoms. The van der Waals surface area contributed by atoms with Crippen LogP contribution in [0.3, 0.4) is 0 Å². The molecule has 0 heterocycles. The lowest BCUT2D eigenvalue weighted by atomic mass is 10.1. The van der Waals surface area contributed by atoms with Gasteiger partial charge in [-0.15, -0.1) is 11.8 Å². The van der Waals surface area contributed by atoms with Crippen molar-refractivity contribution < 1.29 is 14.3 Å². The second kappa shape index (κ2) is 12.9. The van der Waals surface area contributed by atoms with Gasteiger partial charge in [-0.1, -0.05) is 43.1 Å². The monoisotopic (exact) mass is 482 g/mol. The molecule has 0 fully saturated rings. The summed E-state index contributed by atoms with van der Waals surface area (Å²) < 4.78 is 5.64. The predicted molar refractivity (Wildman–Crippen MR) is 136 cm³/mol. The van der Waals surface area contributed by atoms with E-state index in [4.69, 9.17) is 16.3 Å². The van der Waals surface area contributed by atoms with Gasteiger partial charge in [-0.3, -0.25) is 9.59 Å². The molecule has 0 aliphatic carbocycles. The van der Waals surface area contributed by atoms with Gasteiger partial charge in [0.05, 0.1) is 18.8 Å². The molecular formula is C26H27ClN2O3S.